The number of morpholine rings is 1. The van der Waals surface area contributed by atoms with Gasteiger partial charge >= 0.3 is 0 Å². The van der Waals surface area contributed by atoms with E-state index < -0.39 is 0 Å². The Morgan fingerprint density at radius 2 is 1.64 bits per heavy atom. The number of carbonyl (C=O) groups is 1. The molecule has 33 heavy (non-hydrogen) atoms. The molecule has 1 amide bonds. The third-order valence-corrected chi connectivity index (χ3v) is 6.07. The Bertz CT molecular complexity index is 1180. The van der Waals surface area contributed by atoms with Crippen molar-refractivity contribution in [1.29, 1.82) is 0 Å². The van der Waals surface area contributed by atoms with E-state index >= 15 is 0 Å². The SMILES string of the molecule is CC1CN(Cc2ccccc2NC(=O)c2ccc(=O)n(Cc3ccccc3Cl)c2)CC(C)O1. The van der Waals surface area contributed by atoms with Crippen LogP contribution in [-0.2, 0) is 17.8 Å². The number of halogens is 1. The highest BCUT2D eigenvalue weighted by atomic mass is 35.5. The molecule has 1 saturated heterocycles. The summed E-state index contributed by atoms with van der Waals surface area (Å²) in [5.74, 6) is -0.265. The predicted molar refractivity (Wildman–Crippen MR) is 131 cm³/mol. The molecule has 1 aliphatic rings. The normalized spacial score (nSPS) is 18.8. The molecule has 2 unspecified atom stereocenters. The van der Waals surface area contributed by atoms with Crippen LogP contribution in [0.3, 0.4) is 0 Å². The average molecular weight is 466 g/mol. The van der Waals surface area contributed by atoms with Crippen LogP contribution in [0.1, 0.15) is 35.3 Å². The number of para-hydroxylation sites is 1. The van der Waals surface area contributed by atoms with Gasteiger partial charge < -0.3 is 14.6 Å². The molecule has 1 fully saturated rings. The first-order valence-corrected chi connectivity index (χ1v) is 11.5. The first-order valence-electron chi connectivity index (χ1n) is 11.1. The maximum absolute atomic E-state index is 13.1. The van der Waals surface area contributed by atoms with Gasteiger partial charge in [0.1, 0.15) is 0 Å². The van der Waals surface area contributed by atoms with E-state index in [0.717, 1.165) is 36.4 Å². The second-order valence-corrected chi connectivity index (χ2v) is 8.95. The molecule has 2 atom stereocenters. The minimum atomic E-state index is -0.265. The first-order chi connectivity index (χ1) is 15.9. The number of ether oxygens (including phenoxy) is 1. The zero-order valence-corrected chi connectivity index (χ0v) is 19.6. The van der Waals surface area contributed by atoms with Gasteiger partial charge in [0.05, 0.1) is 24.3 Å². The number of nitrogens with one attached hydrogen (secondary N) is 1. The molecule has 2 aromatic carbocycles. The third-order valence-electron chi connectivity index (χ3n) is 5.70. The molecule has 7 heteroatoms. The van der Waals surface area contributed by atoms with Crippen LogP contribution < -0.4 is 10.9 Å². The smallest absolute Gasteiger partial charge is 0.257 e. The van der Waals surface area contributed by atoms with Gasteiger partial charge in [-0.05, 0) is 43.2 Å². The number of carbonyl (C=O) groups excluding carboxylic acids is 1. The monoisotopic (exact) mass is 465 g/mol. The molecule has 0 spiro atoms. The fraction of sp³-hybridized carbons (Fsp3) is 0.308. The van der Waals surface area contributed by atoms with Crippen molar-refractivity contribution in [2.45, 2.75) is 39.1 Å². The molecule has 1 aliphatic heterocycles. The summed E-state index contributed by atoms with van der Waals surface area (Å²) in [6, 6.07) is 18.1. The number of rotatable bonds is 6. The molecule has 1 N–H and O–H groups in total. The molecule has 4 rings (SSSR count). The third kappa shape index (κ3) is 5.90. The molecule has 172 valence electrons. The van der Waals surface area contributed by atoms with Crippen LogP contribution in [0.4, 0.5) is 5.69 Å². The first kappa shape index (κ1) is 23.2. The van der Waals surface area contributed by atoms with Crippen LogP contribution in [0, 0.1) is 0 Å². The van der Waals surface area contributed by atoms with Gasteiger partial charge in [0.25, 0.3) is 11.5 Å². The van der Waals surface area contributed by atoms with E-state index in [0.29, 0.717) is 17.1 Å². The van der Waals surface area contributed by atoms with E-state index in [1.54, 1.807) is 18.3 Å². The van der Waals surface area contributed by atoms with Gasteiger partial charge in [-0.2, -0.15) is 0 Å². The maximum atomic E-state index is 13.1. The van der Waals surface area contributed by atoms with Gasteiger partial charge in [-0.1, -0.05) is 48.0 Å². The topological polar surface area (TPSA) is 63.6 Å². The highest BCUT2D eigenvalue weighted by Gasteiger charge is 2.23. The van der Waals surface area contributed by atoms with E-state index in [1.165, 1.54) is 10.6 Å². The Labute approximate surface area is 198 Å². The van der Waals surface area contributed by atoms with Crippen molar-refractivity contribution in [3.05, 3.63) is 98.9 Å². The van der Waals surface area contributed by atoms with Crippen molar-refractivity contribution >= 4 is 23.2 Å². The number of aromatic nitrogens is 1. The van der Waals surface area contributed by atoms with Crippen molar-refractivity contribution in [3.8, 4) is 0 Å². The van der Waals surface area contributed by atoms with Gasteiger partial charge in [0, 0.05) is 42.6 Å². The number of amides is 1. The summed E-state index contributed by atoms with van der Waals surface area (Å²) in [5, 5.41) is 3.61. The quantitative estimate of drug-likeness (QED) is 0.585. The molecule has 0 bridgehead atoms. The molecular weight excluding hydrogens is 438 g/mol. The lowest BCUT2D eigenvalue weighted by molar-refractivity contribution is -0.0704. The minimum absolute atomic E-state index is 0.176. The van der Waals surface area contributed by atoms with Gasteiger partial charge in [-0.25, -0.2) is 0 Å². The summed E-state index contributed by atoms with van der Waals surface area (Å²) < 4.78 is 7.33. The molecule has 0 radical (unpaired) electrons. The summed E-state index contributed by atoms with van der Waals surface area (Å²) in [4.78, 5) is 27.8. The lowest BCUT2D eigenvalue weighted by atomic mass is 10.1. The van der Waals surface area contributed by atoms with E-state index in [9.17, 15) is 9.59 Å². The summed E-state index contributed by atoms with van der Waals surface area (Å²) >= 11 is 6.25. The highest BCUT2D eigenvalue weighted by Crippen LogP contribution is 2.21. The maximum Gasteiger partial charge on any atom is 0.257 e. The molecule has 3 aromatic rings. The van der Waals surface area contributed by atoms with Crippen molar-refractivity contribution in [2.75, 3.05) is 18.4 Å². The van der Waals surface area contributed by atoms with Crippen molar-refractivity contribution < 1.29 is 9.53 Å². The van der Waals surface area contributed by atoms with E-state index in [4.69, 9.17) is 16.3 Å². The minimum Gasteiger partial charge on any atom is -0.373 e. The summed E-state index contributed by atoms with van der Waals surface area (Å²) in [6.07, 6.45) is 1.93. The lowest BCUT2D eigenvalue weighted by Gasteiger charge is -2.35. The van der Waals surface area contributed by atoms with Crippen LogP contribution in [0.5, 0.6) is 0 Å². The van der Waals surface area contributed by atoms with E-state index in [2.05, 4.69) is 24.1 Å². The molecule has 6 nitrogen and oxygen atoms in total. The number of benzene rings is 2. The van der Waals surface area contributed by atoms with E-state index in [-0.39, 0.29) is 23.7 Å². The highest BCUT2D eigenvalue weighted by molar-refractivity contribution is 6.31. The standard InChI is InChI=1S/C26H28ClN3O3/c1-18-13-29(14-19(2)33-18)15-21-8-4-6-10-24(21)28-26(32)22-11-12-25(31)30(17-22)16-20-7-3-5-9-23(20)27/h3-12,17-19H,13-16H2,1-2H3,(H,28,32). The Balaban J connectivity index is 1.51. The number of nitrogens with zero attached hydrogens (tertiary/aromatic N) is 2. The molecule has 0 saturated carbocycles. The summed E-state index contributed by atoms with van der Waals surface area (Å²) in [5.41, 5.74) is 2.83. The van der Waals surface area contributed by atoms with Crippen LogP contribution in [0.2, 0.25) is 5.02 Å². The number of hydrogen-bond donors (Lipinski definition) is 1. The molecule has 1 aromatic heterocycles. The summed E-state index contributed by atoms with van der Waals surface area (Å²) in [7, 11) is 0. The van der Waals surface area contributed by atoms with Crippen LogP contribution in [-0.4, -0.2) is 40.7 Å². The Morgan fingerprint density at radius 3 is 2.36 bits per heavy atom. The number of hydrogen-bond acceptors (Lipinski definition) is 4. The summed E-state index contributed by atoms with van der Waals surface area (Å²) in [6.45, 7) is 6.87. The second-order valence-electron chi connectivity index (χ2n) is 8.54. The van der Waals surface area contributed by atoms with Gasteiger partial charge in [-0.3, -0.25) is 14.5 Å². The van der Waals surface area contributed by atoms with Crippen molar-refractivity contribution in [1.82, 2.24) is 9.47 Å². The lowest BCUT2D eigenvalue weighted by Crippen LogP contribution is -2.44. The Kier molecular flexibility index (Phi) is 7.28. The van der Waals surface area contributed by atoms with E-state index in [1.807, 2.05) is 42.5 Å². The molecule has 0 aliphatic carbocycles. The largest absolute Gasteiger partial charge is 0.373 e. The molecule has 2 heterocycles. The fourth-order valence-electron chi connectivity index (χ4n) is 4.23. The van der Waals surface area contributed by atoms with Gasteiger partial charge in [-0.15, -0.1) is 0 Å². The second kappa shape index (κ2) is 10.3. The number of anilines is 1. The van der Waals surface area contributed by atoms with Crippen LogP contribution in [0.15, 0.2) is 71.7 Å². The van der Waals surface area contributed by atoms with Crippen molar-refractivity contribution in [3.63, 3.8) is 0 Å². The van der Waals surface area contributed by atoms with Crippen LogP contribution in [0.25, 0.3) is 0 Å². The zero-order chi connectivity index (χ0) is 23.4. The van der Waals surface area contributed by atoms with Crippen LogP contribution >= 0.6 is 11.6 Å². The van der Waals surface area contributed by atoms with Gasteiger partial charge in [0.15, 0.2) is 0 Å². The Morgan fingerprint density at radius 1 is 0.970 bits per heavy atom. The zero-order valence-electron chi connectivity index (χ0n) is 18.8. The van der Waals surface area contributed by atoms with Gasteiger partial charge in [0.2, 0.25) is 0 Å². The average Bonchev–Trinajstić information content (AvgIpc) is 2.77. The van der Waals surface area contributed by atoms with Crippen molar-refractivity contribution in [2.24, 2.45) is 0 Å². The Hall–Kier alpha value is -2.93. The number of pyridine rings is 1. The predicted octanol–water partition coefficient (Wildman–Crippen LogP) is 4.41. The molecular formula is C26H28ClN3O3. The fourth-order valence-corrected chi connectivity index (χ4v) is 4.42.